The highest BCUT2D eigenvalue weighted by Gasteiger charge is 2.25. The summed E-state index contributed by atoms with van der Waals surface area (Å²) in [6, 6.07) is 1.55. The molecule has 0 radical (unpaired) electrons. The summed E-state index contributed by atoms with van der Waals surface area (Å²) in [5.41, 5.74) is 0. The summed E-state index contributed by atoms with van der Waals surface area (Å²) >= 11 is 0. The van der Waals surface area contributed by atoms with Gasteiger partial charge in [-0.05, 0) is 45.3 Å². The number of hydrogen-bond acceptors (Lipinski definition) is 2. The first kappa shape index (κ1) is 14.0. The zero-order valence-corrected chi connectivity index (χ0v) is 11.6. The fraction of sp³-hybridized carbons (Fsp3) is 1.00. The van der Waals surface area contributed by atoms with Gasteiger partial charge in [0, 0.05) is 12.1 Å². The smallest absolute Gasteiger partial charge is 0.00950 e. The normalized spacial score (nSPS) is 21.6. The van der Waals surface area contributed by atoms with Crippen LogP contribution in [0.4, 0.5) is 0 Å². The van der Waals surface area contributed by atoms with Crippen LogP contribution >= 0.6 is 0 Å². The third kappa shape index (κ3) is 3.74. The SMILES string of the molecule is CCNC1CCN(C(C)C(CC)CC)CC1. The molecule has 1 unspecified atom stereocenters. The zero-order chi connectivity index (χ0) is 12.0. The molecule has 1 fully saturated rings. The second-order valence-electron chi connectivity index (χ2n) is 5.19. The number of nitrogens with zero attached hydrogens (tertiary/aromatic N) is 1. The molecule has 1 aliphatic rings. The highest BCUT2D eigenvalue weighted by atomic mass is 15.2. The molecule has 0 amide bonds. The average molecular weight is 226 g/mol. The Balaban J connectivity index is 2.34. The Labute approximate surface area is 102 Å². The first-order valence-electron chi connectivity index (χ1n) is 7.20. The monoisotopic (exact) mass is 226 g/mol. The van der Waals surface area contributed by atoms with Gasteiger partial charge in [0.15, 0.2) is 0 Å². The predicted octanol–water partition coefficient (Wildman–Crippen LogP) is 2.89. The molecule has 1 N–H and O–H groups in total. The van der Waals surface area contributed by atoms with Crippen molar-refractivity contribution in [1.82, 2.24) is 10.2 Å². The van der Waals surface area contributed by atoms with Crippen LogP contribution in [0.3, 0.4) is 0 Å². The Kier molecular flexibility index (Phi) is 6.37. The van der Waals surface area contributed by atoms with Gasteiger partial charge in [0.25, 0.3) is 0 Å². The molecule has 0 aromatic heterocycles. The lowest BCUT2D eigenvalue weighted by Gasteiger charge is -2.39. The van der Waals surface area contributed by atoms with Gasteiger partial charge in [0.05, 0.1) is 0 Å². The molecular weight excluding hydrogens is 196 g/mol. The zero-order valence-electron chi connectivity index (χ0n) is 11.6. The van der Waals surface area contributed by atoms with E-state index in [1.165, 1.54) is 38.8 Å². The van der Waals surface area contributed by atoms with Crippen molar-refractivity contribution < 1.29 is 0 Å². The van der Waals surface area contributed by atoms with E-state index in [1.807, 2.05) is 0 Å². The molecule has 0 spiro atoms. The molecule has 0 aromatic carbocycles. The number of hydrogen-bond donors (Lipinski definition) is 1. The summed E-state index contributed by atoms with van der Waals surface area (Å²) in [4.78, 5) is 2.70. The number of likely N-dealkylation sites (tertiary alicyclic amines) is 1. The van der Waals surface area contributed by atoms with Gasteiger partial charge in [-0.1, -0.05) is 33.6 Å². The van der Waals surface area contributed by atoms with Crippen molar-refractivity contribution in [3.63, 3.8) is 0 Å². The first-order valence-corrected chi connectivity index (χ1v) is 7.20. The van der Waals surface area contributed by atoms with Crippen molar-refractivity contribution in [2.45, 2.75) is 65.5 Å². The van der Waals surface area contributed by atoms with Crippen LogP contribution in [0, 0.1) is 5.92 Å². The number of nitrogens with one attached hydrogen (secondary N) is 1. The van der Waals surface area contributed by atoms with Crippen molar-refractivity contribution in [3.05, 3.63) is 0 Å². The average Bonchev–Trinajstić information content (AvgIpc) is 2.32. The van der Waals surface area contributed by atoms with Crippen molar-refractivity contribution in [2.75, 3.05) is 19.6 Å². The first-order chi connectivity index (χ1) is 7.72. The fourth-order valence-electron chi connectivity index (χ4n) is 3.07. The molecule has 2 heteroatoms. The maximum atomic E-state index is 3.57. The van der Waals surface area contributed by atoms with E-state index in [1.54, 1.807) is 0 Å². The molecule has 16 heavy (non-hydrogen) atoms. The van der Waals surface area contributed by atoms with E-state index in [9.17, 15) is 0 Å². The lowest BCUT2D eigenvalue weighted by Crippen LogP contribution is -2.47. The molecule has 0 bridgehead atoms. The maximum absolute atomic E-state index is 3.57. The van der Waals surface area contributed by atoms with Gasteiger partial charge >= 0.3 is 0 Å². The Morgan fingerprint density at radius 2 is 1.69 bits per heavy atom. The van der Waals surface area contributed by atoms with Crippen LogP contribution in [-0.2, 0) is 0 Å². The number of piperidine rings is 1. The summed E-state index contributed by atoms with van der Waals surface area (Å²) in [6.07, 6.45) is 5.31. The van der Waals surface area contributed by atoms with Crippen LogP contribution in [0.15, 0.2) is 0 Å². The minimum atomic E-state index is 0.773. The van der Waals surface area contributed by atoms with Crippen molar-refractivity contribution >= 4 is 0 Å². The van der Waals surface area contributed by atoms with E-state index < -0.39 is 0 Å². The molecular formula is C14H30N2. The summed E-state index contributed by atoms with van der Waals surface area (Å²) in [5.74, 6) is 0.885. The standard InChI is InChI=1S/C14H30N2/c1-5-13(6-2)12(4)16-10-8-14(9-11-16)15-7-3/h12-15H,5-11H2,1-4H3. The quantitative estimate of drug-likeness (QED) is 0.749. The Morgan fingerprint density at radius 3 is 2.12 bits per heavy atom. The van der Waals surface area contributed by atoms with Crippen LogP contribution in [-0.4, -0.2) is 36.6 Å². The van der Waals surface area contributed by atoms with Gasteiger partial charge in [-0.2, -0.15) is 0 Å². The highest BCUT2D eigenvalue weighted by Crippen LogP contribution is 2.22. The van der Waals surface area contributed by atoms with Crippen molar-refractivity contribution in [1.29, 1.82) is 0 Å². The van der Waals surface area contributed by atoms with Crippen LogP contribution in [0.1, 0.15) is 53.4 Å². The Bertz CT molecular complexity index is 170. The molecule has 0 saturated carbocycles. The number of rotatable bonds is 6. The predicted molar refractivity (Wildman–Crippen MR) is 71.8 cm³/mol. The largest absolute Gasteiger partial charge is 0.314 e. The van der Waals surface area contributed by atoms with Crippen molar-refractivity contribution in [3.8, 4) is 0 Å². The van der Waals surface area contributed by atoms with E-state index in [4.69, 9.17) is 0 Å². The molecule has 1 rings (SSSR count). The summed E-state index contributed by atoms with van der Waals surface area (Å²) in [7, 11) is 0. The Morgan fingerprint density at radius 1 is 1.12 bits per heavy atom. The minimum absolute atomic E-state index is 0.773. The lowest BCUT2D eigenvalue weighted by atomic mass is 9.92. The van der Waals surface area contributed by atoms with Crippen LogP contribution in [0.2, 0.25) is 0 Å². The van der Waals surface area contributed by atoms with Crippen molar-refractivity contribution in [2.24, 2.45) is 5.92 Å². The molecule has 1 aliphatic heterocycles. The molecule has 1 atom stereocenters. The lowest BCUT2D eigenvalue weighted by molar-refractivity contribution is 0.110. The van der Waals surface area contributed by atoms with E-state index in [0.717, 1.165) is 24.5 Å². The van der Waals surface area contributed by atoms with E-state index >= 15 is 0 Å². The topological polar surface area (TPSA) is 15.3 Å². The summed E-state index contributed by atoms with van der Waals surface area (Å²) in [5, 5.41) is 3.57. The second-order valence-corrected chi connectivity index (χ2v) is 5.19. The van der Waals surface area contributed by atoms with Crippen LogP contribution in [0.5, 0.6) is 0 Å². The highest BCUT2D eigenvalue weighted by molar-refractivity contribution is 4.82. The molecule has 2 nitrogen and oxygen atoms in total. The molecule has 1 saturated heterocycles. The van der Waals surface area contributed by atoms with Gasteiger partial charge in [-0.25, -0.2) is 0 Å². The van der Waals surface area contributed by atoms with Gasteiger partial charge in [-0.3, -0.25) is 0 Å². The van der Waals surface area contributed by atoms with Gasteiger partial charge in [0.2, 0.25) is 0 Å². The minimum Gasteiger partial charge on any atom is -0.314 e. The molecule has 96 valence electrons. The van der Waals surface area contributed by atoms with Crippen LogP contribution < -0.4 is 5.32 Å². The third-order valence-electron chi connectivity index (χ3n) is 4.33. The summed E-state index contributed by atoms with van der Waals surface area (Å²) < 4.78 is 0. The van der Waals surface area contributed by atoms with E-state index in [0.29, 0.717) is 0 Å². The van der Waals surface area contributed by atoms with E-state index in [2.05, 4.69) is 37.9 Å². The molecule has 1 heterocycles. The van der Waals surface area contributed by atoms with Gasteiger partial charge in [0.1, 0.15) is 0 Å². The summed E-state index contributed by atoms with van der Waals surface area (Å²) in [6.45, 7) is 13.0. The van der Waals surface area contributed by atoms with E-state index in [-0.39, 0.29) is 0 Å². The maximum Gasteiger partial charge on any atom is 0.00950 e. The Hall–Kier alpha value is -0.0800. The third-order valence-corrected chi connectivity index (χ3v) is 4.33. The molecule has 0 aliphatic carbocycles. The second kappa shape index (κ2) is 7.29. The van der Waals surface area contributed by atoms with Gasteiger partial charge < -0.3 is 10.2 Å². The fourth-order valence-corrected chi connectivity index (χ4v) is 3.07. The molecule has 0 aromatic rings. The van der Waals surface area contributed by atoms with Crippen LogP contribution in [0.25, 0.3) is 0 Å². The van der Waals surface area contributed by atoms with Gasteiger partial charge in [-0.15, -0.1) is 0 Å².